The van der Waals surface area contributed by atoms with Gasteiger partial charge in [0.2, 0.25) is 0 Å². The molecule has 3 heteroatoms. The van der Waals surface area contributed by atoms with E-state index in [1.54, 1.807) is 12.2 Å². The fourth-order valence-corrected chi connectivity index (χ4v) is 0.839. The van der Waals surface area contributed by atoms with Crippen molar-refractivity contribution in [2.45, 2.75) is 6.42 Å². The highest BCUT2D eigenvalue weighted by Crippen LogP contribution is 2.07. The summed E-state index contributed by atoms with van der Waals surface area (Å²) in [5.41, 5.74) is 0.327. The maximum absolute atomic E-state index is 10.3. The molecule has 0 saturated heterocycles. The first-order valence-electron chi connectivity index (χ1n) is 2.84. The first-order valence-corrected chi connectivity index (χ1v) is 3.25. The number of carbonyl (C=O) groups is 1. The molecule has 1 aliphatic rings. The van der Waals surface area contributed by atoms with Crippen LogP contribution in [0.3, 0.4) is 0 Å². The number of aliphatic carboxylic acids is 1. The lowest BCUT2D eigenvalue weighted by Crippen LogP contribution is -2.02. The zero-order chi connectivity index (χ0) is 7.56. The molecule has 0 aliphatic heterocycles. The number of thiocarbonyl (C=S) groups is 1. The Balaban J connectivity index is 2.77. The third-order valence-corrected chi connectivity index (χ3v) is 1.52. The largest absolute Gasteiger partial charge is 0.478 e. The Morgan fingerprint density at radius 1 is 1.60 bits per heavy atom. The van der Waals surface area contributed by atoms with Gasteiger partial charge >= 0.3 is 5.97 Å². The molecule has 0 aromatic rings. The molecule has 10 heavy (non-hydrogen) atoms. The van der Waals surface area contributed by atoms with Crippen LogP contribution >= 0.6 is 12.2 Å². The Morgan fingerprint density at radius 2 is 2.30 bits per heavy atom. The van der Waals surface area contributed by atoms with Crippen molar-refractivity contribution in [2.24, 2.45) is 0 Å². The molecule has 1 aliphatic carbocycles. The van der Waals surface area contributed by atoms with E-state index in [9.17, 15) is 4.79 Å². The Kier molecular flexibility index (Phi) is 1.97. The second-order valence-electron chi connectivity index (χ2n) is 1.97. The van der Waals surface area contributed by atoms with E-state index in [0.717, 1.165) is 4.86 Å². The van der Waals surface area contributed by atoms with Gasteiger partial charge in [0.25, 0.3) is 0 Å². The van der Waals surface area contributed by atoms with Gasteiger partial charge in [-0.2, -0.15) is 0 Å². The van der Waals surface area contributed by atoms with Crippen LogP contribution in [0.25, 0.3) is 0 Å². The summed E-state index contributed by atoms with van der Waals surface area (Å²) in [5, 5.41) is 8.46. The van der Waals surface area contributed by atoms with Crippen LogP contribution in [0.5, 0.6) is 0 Å². The van der Waals surface area contributed by atoms with Crippen LogP contribution in [0.15, 0.2) is 23.8 Å². The van der Waals surface area contributed by atoms with E-state index in [-0.39, 0.29) is 0 Å². The van der Waals surface area contributed by atoms with Crippen LogP contribution in [0, 0.1) is 0 Å². The van der Waals surface area contributed by atoms with Gasteiger partial charge in [0.05, 0.1) is 5.57 Å². The third kappa shape index (κ3) is 1.51. The van der Waals surface area contributed by atoms with Crippen molar-refractivity contribution in [3.63, 3.8) is 0 Å². The van der Waals surface area contributed by atoms with E-state index in [0.29, 0.717) is 12.0 Å². The number of rotatable bonds is 1. The van der Waals surface area contributed by atoms with Gasteiger partial charge in [-0.25, -0.2) is 4.79 Å². The maximum atomic E-state index is 10.3. The zero-order valence-electron chi connectivity index (χ0n) is 5.20. The van der Waals surface area contributed by atoms with E-state index >= 15 is 0 Å². The van der Waals surface area contributed by atoms with Gasteiger partial charge in [-0.15, -0.1) is 0 Å². The van der Waals surface area contributed by atoms with Crippen molar-refractivity contribution in [1.29, 1.82) is 0 Å². The SMILES string of the molecule is O=C(O)C1=CCC(=S)C=C1. The number of carboxylic acid groups (broad SMARTS) is 1. The molecule has 0 spiro atoms. The third-order valence-electron chi connectivity index (χ3n) is 1.22. The molecule has 1 N–H and O–H groups in total. The Morgan fingerprint density at radius 3 is 2.70 bits per heavy atom. The summed E-state index contributed by atoms with van der Waals surface area (Å²) in [7, 11) is 0. The molecule has 0 saturated carbocycles. The molecule has 52 valence electrons. The number of hydrogen-bond acceptors (Lipinski definition) is 2. The van der Waals surface area contributed by atoms with Gasteiger partial charge in [-0.1, -0.05) is 18.3 Å². The van der Waals surface area contributed by atoms with Gasteiger partial charge < -0.3 is 5.11 Å². The molecule has 0 aromatic heterocycles. The number of carboxylic acids is 1. The predicted molar refractivity (Wildman–Crippen MR) is 42.1 cm³/mol. The summed E-state index contributed by atoms with van der Waals surface area (Å²) < 4.78 is 0. The van der Waals surface area contributed by atoms with Gasteiger partial charge in [-0.3, -0.25) is 0 Å². The highest BCUT2D eigenvalue weighted by Gasteiger charge is 2.06. The molecular weight excluding hydrogens is 148 g/mol. The summed E-state index contributed by atoms with van der Waals surface area (Å²) in [4.78, 5) is 11.1. The van der Waals surface area contributed by atoms with Crippen LogP contribution in [0.1, 0.15) is 6.42 Å². The minimum Gasteiger partial charge on any atom is -0.478 e. The normalized spacial score (nSPS) is 16.8. The van der Waals surface area contributed by atoms with E-state index in [4.69, 9.17) is 17.3 Å². The maximum Gasteiger partial charge on any atom is 0.335 e. The molecule has 0 radical (unpaired) electrons. The fourth-order valence-electron chi connectivity index (χ4n) is 0.688. The smallest absolute Gasteiger partial charge is 0.335 e. The summed E-state index contributed by atoms with van der Waals surface area (Å²) in [5.74, 6) is -0.890. The van der Waals surface area contributed by atoms with Gasteiger partial charge in [-0.05, 0) is 12.2 Å². The van der Waals surface area contributed by atoms with E-state index < -0.39 is 5.97 Å². The second kappa shape index (κ2) is 2.75. The van der Waals surface area contributed by atoms with Crippen molar-refractivity contribution in [3.05, 3.63) is 23.8 Å². The quantitative estimate of drug-likeness (QED) is 0.579. The average molecular weight is 154 g/mol. The minimum absolute atomic E-state index is 0.327. The van der Waals surface area contributed by atoms with Crippen LogP contribution in [-0.2, 0) is 4.79 Å². The molecule has 0 atom stereocenters. The van der Waals surface area contributed by atoms with Crippen molar-refractivity contribution >= 4 is 23.1 Å². The van der Waals surface area contributed by atoms with Crippen molar-refractivity contribution in [3.8, 4) is 0 Å². The predicted octanol–water partition coefficient (Wildman–Crippen LogP) is 1.33. The van der Waals surface area contributed by atoms with Gasteiger partial charge in [0, 0.05) is 11.3 Å². The summed E-state index contributed by atoms with van der Waals surface area (Å²) in [6, 6.07) is 0. The summed E-state index contributed by atoms with van der Waals surface area (Å²) >= 11 is 4.82. The molecular formula is C7H6O2S. The molecule has 0 unspecified atom stereocenters. The van der Waals surface area contributed by atoms with Crippen LogP contribution < -0.4 is 0 Å². The van der Waals surface area contributed by atoms with Crippen LogP contribution in [0.2, 0.25) is 0 Å². The lowest BCUT2D eigenvalue weighted by Gasteiger charge is -2.00. The van der Waals surface area contributed by atoms with Crippen LogP contribution in [0.4, 0.5) is 0 Å². The Hall–Kier alpha value is -0.960. The molecule has 0 fully saturated rings. The topological polar surface area (TPSA) is 37.3 Å². The molecule has 0 amide bonds. The second-order valence-corrected chi connectivity index (χ2v) is 2.49. The van der Waals surface area contributed by atoms with E-state index in [2.05, 4.69) is 0 Å². The zero-order valence-corrected chi connectivity index (χ0v) is 6.02. The van der Waals surface area contributed by atoms with E-state index in [1.165, 1.54) is 6.08 Å². The lowest BCUT2D eigenvalue weighted by molar-refractivity contribution is -0.132. The van der Waals surface area contributed by atoms with E-state index in [1.807, 2.05) is 0 Å². The first kappa shape index (κ1) is 7.15. The Labute approximate surface area is 63.9 Å². The molecule has 0 heterocycles. The van der Waals surface area contributed by atoms with Crippen LogP contribution in [-0.4, -0.2) is 15.9 Å². The first-order chi connectivity index (χ1) is 4.70. The average Bonchev–Trinajstić information content (AvgIpc) is 1.88. The van der Waals surface area contributed by atoms with Crippen molar-refractivity contribution < 1.29 is 9.90 Å². The highest BCUT2D eigenvalue weighted by atomic mass is 32.1. The molecule has 0 aromatic carbocycles. The lowest BCUT2D eigenvalue weighted by atomic mass is 10.1. The van der Waals surface area contributed by atoms with Crippen molar-refractivity contribution in [2.75, 3.05) is 0 Å². The fraction of sp³-hybridized carbons (Fsp3) is 0.143. The molecule has 2 nitrogen and oxygen atoms in total. The van der Waals surface area contributed by atoms with Gasteiger partial charge in [0.15, 0.2) is 0 Å². The highest BCUT2D eigenvalue weighted by molar-refractivity contribution is 7.80. The summed E-state index contributed by atoms with van der Waals surface area (Å²) in [6.45, 7) is 0. The number of hydrogen-bond donors (Lipinski definition) is 1. The van der Waals surface area contributed by atoms with Crippen molar-refractivity contribution in [1.82, 2.24) is 0 Å². The Bertz CT molecular complexity index is 238. The standard InChI is InChI=1S/C7H6O2S/c8-7(9)5-1-3-6(10)4-2-5/h1-3H,4H2,(H,8,9). The molecule has 0 bridgehead atoms. The minimum atomic E-state index is -0.890. The monoisotopic (exact) mass is 154 g/mol. The number of allylic oxidation sites excluding steroid dienone is 2. The molecule has 1 rings (SSSR count). The summed E-state index contributed by atoms with van der Waals surface area (Å²) in [6.07, 6.45) is 5.37. The van der Waals surface area contributed by atoms with Gasteiger partial charge in [0.1, 0.15) is 0 Å².